The normalized spacial score (nSPS) is 18.2. The van der Waals surface area contributed by atoms with Gasteiger partial charge in [-0.3, -0.25) is 4.55 Å². The van der Waals surface area contributed by atoms with Crippen LogP contribution in [0.2, 0.25) is 0 Å². The van der Waals surface area contributed by atoms with Crippen molar-refractivity contribution in [2.75, 3.05) is 71.9 Å². The van der Waals surface area contributed by atoms with Crippen LogP contribution in [0, 0.1) is 0 Å². The quantitative estimate of drug-likeness (QED) is 0.0387. The molecule has 3 aromatic rings. The van der Waals surface area contributed by atoms with Gasteiger partial charge in [0, 0.05) is 55.3 Å². The number of aliphatic imine (C=N–C) groups is 1. The average Bonchev–Trinajstić information content (AvgIpc) is 3.59. The molecule has 3 aliphatic rings. The van der Waals surface area contributed by atoms with Crippen LogP contribution in [-0.4, -0.2) is 95.4 Å². The maximum absolute atomic E-state index is 12.3. The number of thiocarbonyl (C=S) groups is 1. The van der Waals surface area contributed by atoms with Gasteiger partial charge in [0.05, 0.1) is 54.2 Å². The Labute approximate surface area is 372 Å². The molecule has 2 heterocycles. The van der Waals surface area contributed by atoms with E-state index in [0.29, 0.717) is 64.2 Å². The van der Waals surface area contributed by atoms with Gasteiger partial charge in [0.1, 0.15) is 18.1 Å². The molecule has 0 saturated heterocycles. The first-order chi connectivity index (χ1) is 29.7. The average molecular weight is 883 g/mol. The van der Waals surface area contributed by atoms with Crippen LogP contribution in [0.1, 0.15) is 70.6 Å². The summed E-state index contributed by atoms with van der Waals surface area (Å²) in [6.07, 6.45) is 12.2. The fourth-order valence-electron chi connectivity index (χ4n) is 8.51. The molecule has 0 amide bonds. The van der Waals surface area contributed by atoms with Gasteiger partial charge in [-0.2, -0.15) is 18.0 Å². The molecule has 13 heteroatoms. The Morgan fingerprint density at radius 2 is 1.58 bits per heavy atom. The Morgan fingerprint density at radius 1 is 0.855 bits per heavy atom. The maximum Gasteiger partial charge on any atom is 0.294 e. The van der Waals surface area contributed by atoms with Gasteiger partial charge in [0.2, 0.25) is 5.69 Å². The topological polar surface area (TPSA) is 119 Å². The fraction of sp³-hybridized carbons (Fsp3) is 0.429. The van der Waals surface area contributed by atoms with Crippen LogP contribution >= 0.6 is 12.2 Å². The van der Waals surface area contributed by atoms with Gasteiger partial charge in [-0.05, 0) is 129 Å². The second-order valence-corrected chi connectivity index (χ2v) is 18.2. The maximum atomic E-state index is 12.3. The molecular weight excluding hydrogens is 823 g/mol. The minimum absolute atomic E-state index is 0.140. The van der Waals surface area contributed by atoms with Gasteiger partial charge in [-0.25, -0.2) is 0 Å². The molecule has 2 aliphatic heterocycles. The zero-order valence-electron chi connectivity index (χ0n) is 37.0. The predicted molar refractivity (Wildman–Crippen MR) is 249 cm³/mol. The number of hydrogen-bond donors (Lipinski definition) is 1. The van der Waals surface area contributed by atoms with Crippen LogP contribution in [0.5, 0.6) is 5.75 Å². The summed E-state index contributed by atoms with van der Waals surface area (Å²) < 4.78 is 65.8. The molecule has 6 rings (SSSR count). The predicted octanol–water partition coefficient (Wildman–Crippen LogP) is 9.61. The van der Waals surface area contributed by atoms with E-state index in [-0.39, 0.29) is 10.3 Å². The van der Waals surface area contributed by atoms with Crippen molar-refractivity contribution in [3.63, 3.8) is 0 Å². The van der Waals surface area contributed by atoms with E-state index in [1.807, 2.05) is 24.3 Å². The van der Waals surface area contributed by atoms with E-state index in [4.69, 9.17) is 35.9 Å². The molecule has 0 unspecified atom stereocenters. The van der Waals surface area contributed by atoms with Crippen molar-refractivity contribution in [2.24, 2.45) is 4.99 Å². The summed E-state index contributed by atoms with van der Waals surface area (Å²) in [4.78, 5) is 6.37. The van der Waals surface area contributed by atoms with Gasteiger partial charge in [-0.1, -0.05) is 39.0 Å². The molecule has 0 radical (unpaired) electrons. The number of benzene rings is 3. The molecule has 330 valence electrons. The molecule has 0 atom stereocenters. The Morgan fingerprint density at radius 3 is 2.26 bits per heavy atom. The van der Waals surface area contributed by atoms with Crippen molar-refractivity contribution in [3.8, 4) is 5.75 Å². The van der Waals surface area contributed by atoms with Crippen LogP contribution in [0.25, 0.3) is 0 Å². The zero-order chi connectivity index (χ0) is 44.5. The monoisotopic (exact) mass is 882 g/mol. The molecule has 0 spiro atoms. The van der Waals surface area contributed by atoms with Gasteiger partial charge < -0.3 is 28.6 Å². The summed E-state index contributed by atoms with van der Waals surface area (Å²) in [5.41, 5.74) is 9.50. The van der Waals surface area contributed by atoms with Gasteiger partial charge >= 0.3 is 0 Å². The van der Waals surface area contributed by atoms with Crippen molar-refractivity contribution in [3.05, 3.63) is 124 Å². The summed E-state index contributed by atoms with van der Waals surface area (Å²) in [5.74, 6) is 1.45. The summed E-state index contributed by atoms with van der Waals surface area (Å²) in [6, 6.07) is 19.1. The number of isothiocyanates is 1. The highest BCUT2D eigenvalue weighted by Crippen LogP contribution is 2.48. The van der Waals surface area contributed by atoms with E-state index >= 15 is 0 Å². The van der Waals surface area contributed by atoms with Crippen molar-refractivity contribution >= 4 is 50.3 Å². The van der Waals surface area contributed by atoms with Crippen molar-refractivity contribution in [2.45, 2.75) is 76.0 Å². The Balaban J connectivity index is 1.44. The Hall–Kier alpha value is -4.56. The lowest BCUT2D eigenvalue weighted by Gasteiger charge is -2.27. The van der Waals surface area contributed by atoms with Crippen LogP contribution < -0.4 is 9.64 Å². The van der Waals surface area contributed by atoms with Gasteiger partial charge in [0.25, 0.3) is 10.1 Å². The molecule has 0 aromatic heterocycles. The van der Waals surface area contributed by atoms with Crippen LogP contribution in [0.3, 0.4) is 0 Å². The number of nitrogens with zero attached hydrogens (tertiary/aromatic N) is 3. The number of methoxy groups -OCH3 is 2. The summed E-state index contributed by atoms with van der Waals surface area (Å²) in [5, 5.41) is 2.43. The molecule has 3 aromatic carbocycles. The summed E-state index contributed by atoms with van der Waals surface area (Å²) in [6.45, 7) is 15.1. The number of allylic oxidation sites excluding steroid dienone is 7. The minimum atomic E-state index is -4.41. The third-order valence-electron chi connectivity index (χ3n) is 11.9. The lowest BCUT2D eigenvalue weighted by Crippen LogP contribution is -2.29. The number of anilines is 1. The number of rotatable bonds is 20. The van der Waals surface area contributed by atoms with Crippen LogP contribution in [0.4, 0.5) is 17.1 Å². The number of ether oxygens (including phenoxy) is 5. The molecule has 0 saturated carbocycles. The standard InChI is InChI=1S/C49H59N3O8S2/c1-8-35-12-20-43-41(32-35)48(2,3)45(51(43)24-26-58-30-28-56-6)22-13-36-10-9-11-37(47(36)60-39-17-15-38(16-18-39)50-34-61)14-23-46-49(4,5)42-33-40(62(53,54)55)19-21-44(42)52(46)25-27-59-31-29-57-7/h12-23,32-33H,8-11,24-31H2,1-7H3/p+1. The SMILES string of the molecule is CCc1ccc2c(c1)C(C)(C)C(=CC=C1CCCC(C=CC3=[N+](CCOCCOC)c4ccc(S(=O)(=O)O)cc4C3(C)C)=C1Oc1ccc(N=C=S)cc1)N2CCOCCOC. The second kappa shape index (κ2) is 20.7. The second-order valence-electron chi connectivity index (χ2n) is 16.6. The van der Waals surface area contributed by atoms with E-state index in [1.54, 1.807) is 26.4 Å². The van der Waals surface area contributed by atoms with Crippen LogP contribution in [-0.2, 0) is 46.3 Å². The largest absolute Gasteiger partial charge is 0.457 e. The number of hydrogen-bond acceptors (Lipinski definition) is 10. The minimum Gasteiger partial charge on any atom is -0.457 e. The Bertz CT molecular complexity index is 2420. The van der Waals surface area contributed by atoms with Crippen LogP contribution in [0.15, 0.2) is 117 Å². The first-order valence-corrected chi connectivity index (χ1v) is 23.1. The molecular formula is C49H60N3O8S2+. The number of fused-ring (bicyclic) bond motifs is 2. The van der Waals surface area contributed by atoms with Crippen molar-refractivity contribution in [1.82, 2.24) is 0 Å². The van der Waals surface area contributed by atoms with Crippen molar-refractivity contribution < 1.29 is 41.2 Å². The highest BCUT2D eigenvalue weighted by atomic mass is 32.2. The van der Waals surface area contributed by atoms with E-state index in [2.05, 4.69) is 96.8 Å². The molecule has 1 aliphatic carbocycles. The lowest BCUT2D eigenvalue weighted by molar-refractivity contribution is -0.442. The van der Waals surface area contributed by atoms with E-state index < -0.39 is 15.5 Å². The smallest absolute Gasteiger partial charge is 0.294 e. The van der Waals surface area contributed by atoms with Gasteiger partial charge in [0.15, 0.2) is 12.3 Å². The lowest BCUT2D eigenvalue weighted by atomic mass is 9.81. The van der Waals surface area contributed by atoms with E-state index in [0.717, 1.165) is 59.6 Å². The first kappa shape index (κ1) is 46.9. The first-order valence-electron chi connectivity index (χ1n) is 21.2. The van der Waals surface area contributed by atoms with E-state index in [1.165, 1.54) is 28.6 Å². The molecule has 1 N–H and O–H groups in total. The third kappa shape index (κ3) is 10.6. The Kier molecular flexibility index (Phi) is 15.7. The molecule has 0 bridgehead atoms. The van der Waals surface area contributed by atoms with Gasteiger partial charge in [-0.15, -0.1) is 0 Å². The highest BCUT2D eigenvalue weighted by molar-refractivity contribution is 7.85. The van der Waals surface area contributed by atoms with E-state index in [9.17, 15) is 13.0 Å². The fourth-order valence-corrected chi connectivity index (χ4v) is 9.12. The highest BCUT2D eigenvalue weighted by Gasteiger charge is 2.45. The summed E-state index contributed by atoms with van der Waals surface area (Å²) in [7, 11) is -1.09. The number of aryl methyl sites for hydroxylation is 1. The molecule has 0 fully saturated rings. The zero-order valence-corrected chi connectivity index (χ0v) is 38.7. The summed E-state index contributed by atoms with van der Waals surface area (Å²) >= 11 is 4.84. The molecule has 62 heavy (non-hydrogen) atoms. The molecule has 11 nitrogen and oxygen atoms in total. The third-order valence-corrected chi connectivity index (χ3v) is 12.8. The van der Waals surface area contributed by atoms with Crippen molar-refractivity contribution in [1.29, 1.82) is 0 Å².